The molecule has 0 amide bonds. The fourth-order valence-corrected chi connectivity index (χ4v) is 5.22. The number of furan rings is 1. The van der Waals surface area contributed by atoms with E-state index in [0.29, 0.717) is 0 Å². The van der Waals surface area contributed by atoms with E-state index in [4.69, 9.17) is 4.42 Å². The van der Waals surface area contributed by atoms with Crippen LogP contribution in [0, 0.1) is 0 Å². The van der Waals surface area contributed by atoms with E-state index >= 15 is 0 Å². The molecule has 1 N–H and O–H groups in total. The van der Waals surface area contributed by atoms with Gasteiger partial charge in [-0.3, -0.25) is 0 Å². The monoisotopic (exact) mass is 452 g/mol. The zero-order chi connectivity index (χ0) is 23.2. The molecule has 0 fully saturated rings. The molecule has 0 bridgehead atoms. The summed E-state index contributed by atoms with van der Waals surface area (Å²) in [5.41, 5.74) is 7.98. The highest BCUT2D eigenvalue weighted by Crippen LogP contribution is 2.38. The van der Waals surface area contributed by atoms with Gasteiger partial charge in [0.15, 0.2) is 0 Å². The van der Waals surface area contributed by atoms with Gasteiger partial charge in [-0.25, -0.2) is 0 Å². The van der Waals surface area contributed by atoms with Crippen molar-refractivity contribution >= 4 is 43.7 Å². The molecule has 3 nitrogen and oxygen atoms in total. The molecule has 0 unspecified atom stereocenters. The Morgan fingerprint density at radius 2 is 1.26 bits per heavy atom. The molecule has 0 radical (unpaired) electrons. The van der Waals surface area contributed by atoms with E-state index in [9.17, 15) is 0 Å². The van der Waals surface area contributed by atoms with E-state index in [1.165, 1.54) is 38.6 Å². The average Bonchev–Trinajstić information content (AvgIpc) is 3.43. The Hall–Kier alpha value is -4.34. The van der Waals surface area contributed by atoms with Crippen LogP contribution in [0.1, 0.15) is 11.1 Å². The first kappa shape index (κ1) is 20.1. The van der Waals surface area contributed by atoms with Gasteiger partial charge < -0.3 is 14.3 Å². The third kappa shape index (κ3) is 3.40. The van der Waals surface area contributed by atoms with Crippen LogP contribution in [0.25, 0.3) is 49.4 Å². The molecule has 0 aliphatic carbocycles. The van der Waals surface area contributed by atoms with Crippen molar-refractivity contribution in [2.75, 3.05) is 0 Å². The molecule has 7 aromatic rings. The van der Waals surface area contributed by atoms with Crippen molar-refractivity contribution in [1.29, 1.82) is 0 Å². The molecule has 2 heterocycles. The van der Waals surface area contributed by atoms with Crippen LogP contribution in [0.5, 0.6) is 0 Å². The second kappa shape index (κ2) is 8.15. The molecule has 0 spiro atoms. The van der Waals surface area contributed by atoms with E-state index in [1.807, 2.05) is 12.1 Å². The van der Waals surface area contributed by atoms with Crippen LogP contribution in [-0.2, 0) is 13.1 Å². The molecule has 2 aromatic heterocycles. The van der Waals surface area contributed by atoms with Gasteiger partial charge in [-0.05, 0) is 47.5 Å². The number of hydrogen-bond acceptors (Lipinski definition) is 2. The summed E-state index contributed by atoms with van der Waals surface area (Å²) in [6.45, 7) is 1.67. The summed E-state index contributed by atoms with van der Waals surface area (Å²) in [7, 11) is 0. The van der Waals surface area contributed by atoms with Crippen molar-refractivity contribution in [2.45, 2.75) is 13.1 Å². The van der Waals surface area contributed by atoms with Gasteiger partial charge in [-0.2, -0.15) is 0 Å². The largest absolute Gasteiger partial charge is 0.456 e. The number of aromatic nitrogens is 1. The summed E-state index contributed by atoms with van der Waals surface area (Å²) in [6.07, 6.45) is 0. The summed E-state index contributed by atoms with van der Waals surface area (Å²) < 4.78 is 8.59. The maximum atomic E-state index is 6.21. The number of para-hydroxylation sites is 2. The first-order chi connectivity index (χ1) is 17.3. The minimum Gasteiger partial charge on any atom is -0.456 e. The number of fused-ring (bicyclic) bond motifs is 6. The number of nitrogens with zero attached hydrogens (tertiary/aromatic N) is 1. The molecular weight excluding hydrogens is 428 g/mol. The standard InChI is InChI=1S/C32H24N2O/c1-2-9-22(10-3-1)20-33-21-23-11-8-12-24(17-23)34-29-15-6-4-13-25(29)27-19-32-28(18-30(27)34)26-14-5-7-16-31(26)35-32/h1-19,33H,20-21H2. The fraction of sp³-hybridized carbons (Fsp3) is 0.0625. The molecule has 0 saturated carbocycles. The Labute approximate surface area is 203 Å². The zero-order valence-corrected chi connectivity index (χ0v) is 19.2. The van der Waals surface area contributed by atoms with Crippen molar-refractivity contribution in [1.82, 2.24) is 9.88 Å². The molecule has 0 atom stereocenters. The van der Waals surface area contributed by atoms with Crippen molar-refractivity contribution in [3.05, 3.63) is 126 Å². The quantitative estimate of drug-likeness (QED) is 0.287. The van der Waals surface area contributed by atoms with Gasteiger partial charge in [-0.1, -0.05) is 78.9 Å². The lowest BCUT2D eigenvalue weighted by Crippen LogP contribution is -2.12. The lowest BCUT2D eigenvalue weighted by Gasteiger charge is -2.11. The normalized spacial score (nSPS) is 11.8. The smallest absolute Gasteiger partial charge is 0.136 e. The summed E-state index contributed by atoms with van der Waals surface area (Å²) in [5, 5.41) is 8.33. The van der Waals surface area contributed by atoms with Crippen LogP contribution in [0.4, 0.5) is 0 Å². The van der Waals surface area contributed by atoms with Gasteiger partial charge in [0.05, 0.1) is 11.0 Å². The van der Waals surface area contributed by atoms with E-state index in [-0.39, 0.29) is 0 Å². The predicted molar refractivity (Wildman–Crippen MR) is 145 cm³/mol. The number of hydrogen-bond donors (Lipinski definition) is 1. The molecule has 5 aromatic carbocycles. The van der Waals surface area contributed by atoms with E-state index in [1.54, 1.807) is 0 Å². The zero-order valence-electron chi connectivity index (χ0n) is 19.2. The lowest BCUT2D eigenvalue weighted by molar-refractivity contribution is 0.669. The maximum Gasteiger partial charge on any atom is 0.136 e. The summed E-state index contributed by atoms with van der Waals surface area (Å²) in [4.78, 5) is 0. The van der Waals surface area contributed by atoms with E-state index < -0.39 is 0 Å². The Balaban J connectivity index is 1.36. The Morgan fingerprint density at radius 1 is 0.514 bits per heavy atom. The van der Waals surface area contributed by atoms with Crippen LogP contribution < -0.4 is 5.32 Å². The molecular formula is C32H24N2O. The fourth-order valence-electron chi connectivity index (χ4n) is 5.22. The summed E-state index contributed by atoms with van der Waals surface area (Å²) >= 11 is 0. The molecule has 7 rings (SSSR count). The SMILES string of the molecule is c1ccc(CNCc2cccc(-n3c4ccccc4c4cc5oc6ccccc6c5cc43)c2)cc1. The third-order valence-electron chi connectivity index (χ3n) is 6.84. The topological polar surface area (TPSA) is 30.1 Å². The van der Waals surface area contributed by atoms with Crippen LogP contribution in [0.2, 0.25) is 0 Å². The predicted octanol–water partition coefficient (Wildman–Crippen LogP) is 7.97. The maximum absolute atomic E-state index is 6.21. The van der Waals surface area contributed by atoms with Gasteiger partial charge in [0.2, 0.25) is 0 Å². The van der Waals surface area contributed by atoms with Gasteiger partial charge in [-0.15, -0.1) is 0 Å². The third-order valence-corrected chi connectivity index (χ3v) is 6.84. The highest BCUT2D eigenvalue weighted by molar-refractivity contribution is 6.17. The minimum absolute atomic E-state index is 0.816. The van der Waals surface area contributed by atoms with Crippen molar-refractivity contribution in [3.8, 4) is 5.69 Å². The van der Waals surface area contributed by atoms with Crippen LogP contribution in [0.3, 0.4) is 0 Å². The second-order valence-corrected chi connectivity index (χ2v) is 9.08. The van der Waals surface area contributed by atoms with Crippen LogP contribution in [-0.4, -0.2) is 4.57 Å². The molecule has 0 aliphatic rings. The first-order valence-corrected chi connectivity index (χ1v) is 12.0. The van der Waals surface area contributed by atoms with Gasteiger partial charge in [0, 0.05) is 40.3 Å². The highest BCUT2D eigenvalue weighted by atomic mass is 16.3. The number of nitrogens with one attached hydrogen (secondary N) is 1. The van der Waals surface area contributed by atoms with Crippen LogP contribution in [0.15, 0.2) is 120 Å². The minimum atomic E-state index is 0.816. The number of benzene rings is 5. The molecule has 0 aliphatic heterocycles. The molecule has 3 heteroatoms. The second-order valence-electron chi connectivity index (χ2n) is 9.08. The molecule has 168 valence electrons. The molecule has 35 heavy (non-hydrogen) atoms. The van der Waals surface area contributed by atoms with E-state index in [0.717, 1.165) is 35.0 Å². The summed E-state index contributed by atoms with van der Waals surface area (Å²) in [6, 6.07) is 40.8. The number of rotatable bonds is 5. The van der Waals surface area contributed by atoms with Gasteiger partial charge >= 0.3 is 0 Å². The average molecular weight is 453 g/mol. The Bertz CT molecular complexity index is 1830. The Morgan fingerprint density at radius 3 is 2.17 bits per heavy atom. The molecule has 0 saturated heterocycles. The van der Waals surface area contributed by atoms with Crippen molar-refractivity contribution in [2.24, 2.45) is 0 Å². The van der Waals surface area contributed by atoms with Crippen molar-refractivity contribution < 1.29 is 4.42 Å². The summed E-state index contributed by atoms with van der Waals surface area (Å²) in [5.74, 6) is 0. The Kier molecular flexibility index (Phi) is 4.68. The lowest BCUT2D eigenvalue weighted by atomic mass is 10.1. The first-order valence-electron chi connectivity index (χ1n) is 12.0. The van der Waals surface area contributed by atoms with Gasteiger partial charge in [0.1, 0.15) is 11.2 Å². The van der Waals surface area contributed by atoms with E-state index in [2.05, 4.69) is 113 Å². The van der Waals surface area contributed by atoms with Gasteiger partial charge in [0.25, 0.3) is 0 Å². The van der Waals surface area contributed by atoms with Crippen LogP contribution >= 0.6 is 0 Å². The van der Waals surface area contributed by atoms with Crippen molar-refractivity contribution in [3.63, 3.8) is 0 Å². The highest BCUT2D eigenvalue weighted by Gasteiger charge is 2.16.